The van der Waals surface area contributed by atoms with Gasteiger partial charge in [-0.2, -0.15) is 5.10 Å². The van der Waals surface area contributed by atoms with E-state index in [1.54, 1.807) is 13.2 Å². The van der Waals surface area contributed by atoms with Gasteiger partial charge >= 0.3 is 0 Å². The van der Waals surface area contributed by atoms with Crippen molar-refractivity contribution in [2.75, 3.05) is 18.5 Å². The maximum absolute atomic E-state index is 12.9. The van der Waals surface area contributed by atoms with Crippen LogP contribution < -0.4 is 15.0 Å². The molecule has 7 nitrogen and oxygen atoms in total. The predicted octanol–water partition coefficient (Wildman–Crippen LogP) is 3.75. The molecule has 32 heavy (non-hydrogen) atoms. The van der Waals surface area contributed by atoms with Crippen LogP contribution in [0.2, 0.25) is 0 Å². The van der Waals surface area contributed by atoms with Gasteiger partial charge in [0, 0.05) is 26.0 Å². The molecule has 7 heteroatoms. The molecule has 1 N–H and O–H groups in total. The molecule has 1 aliphatic rings. The summed E-state index contributed by atoms with van der Waals surface area (Å²) in [6, 6.07) is 18.0. The lowest BCUT2D eigenvalue weighted by Gasteiger charge is -2.35. The largest absolute Gasteiger partial charge is 0.477 e. The molecule has 3 aromatic rings. The Labute approximate surface area is 188 Å². The molecule has 4 rings (SSSR count). The second-order valence-electron chi connectivity index (χ2n) is 7.48. The van der Waals surface area contributed by atoms with Crippen molar-refractivity contribution in [2.24, 2.45) is 4.99 Å². The average molecular weight is 430 g/mol. The van der Waals surface area contributed by atoms with Gasteiger partial charge in [-0.05, 0) is 48.4 Å². The number of amides is 1. The fraction of sp³-hybridized carbons (Fsp3) is 0.240. The molecule has 1 atom stereocenters. The zero-order chi connectivity index (χ0) is 22.3. The van der Waals surface area contributed by atoms with E-state index >= 15 is 0 Å². The van der Waals surface area contributed by atoms with E-state index < -0.39 is 6.10 Å². The quantitative estimate of drug-likeness (QED) is 0.479. The second-order valence-corrected chi connectivity index (χ2v) is 7.48. The third kappa shape index (κ3) is 4.88. The minimum atomic E-state index is -0.639. The Balaban J connectivity index is 1.51. The molecule has 0 aliphatic carbocycles. The molecule has 164 valence electrons. The zero-order valence-corrected chi connectivity index (χ0v) is 18.3. The van der Waals surface area contributed by atoms with Gasteiger partial charge in [0.25, 0.3) is 5.91 Å². The fourth-order valence-corrected chi connectivity index (χ4v) is 3.60. The number of carbonyl (C=O) groups excluding carboxylic acids is 1. The highest BCUT2D eigenvalue weighted by Crippen LogP contribution is 2.34. The van der Waals surface area contributed by atoms with Crippen molar-refractivity contribution in [3.05, 3.63) is 84.7 Å². The standard InChI is InChI=1S/C25H27N5O2/c1-3-4-10-24(26-2)28-25(31)23-18-29(21-8-5-6-9-22(21)32-23)17-19-11-13-20(14-12-19)30-16-7-15-27-30/h4-16,23H,3,17-18H2,1-2H3,(H,26,28,31)/b10-4-. The van der Waals surface area contributed by atoms with E-state index in [1.165, 1.54) is 0 Å². The van der Waals surface area contributed by atoms with Gasteiger partial charge in [-0.1, -0.05) is 37.3 Å². The van der Waals surface area contributed by atoms with Crippen LogP contribution in [0.1, 0.15) is 18.9 Å². The first-order chi connectivity index (χ1) is 15.7. The van der Waals surface area contributed by atoms with Crippen molar-refractivity contribution in [1.29, 1.82) is 0 Å². The van der Waals surface area contributed by atoms with Crippen molar-refractivity contribution in [2.45, 2.75) is 26.0 Å². The average Bonchev–Trinajstić information content (AvgIpc) is 3.37. The SMILES string of the molecule is CC/C=C\C(=NC)NC(=O)C1CN(Cc2ccc(-n3cccn3)cc2)c2ccccc2O1. The highest BCUT2D eigenvalue weighted by atomic mass is 16.5. The summed E-state index contributed by atoms with van der Waals surface area (Å²) in [5.41, 5.74) is 3.12. The number of allylic oxidation sites excluding steroid dienone is 1. The summed E-state index contributed by atoms with van der Waals surface area (Å²) in [6.07, 6.45) is 7.68. The number of fused-ring (bicyclic) bond motifs is 1. The van der Waals surface area contributed by atoms with Crippen LogP contribution in [0, 0.1) is 0 Å². The number of hydrogen-bond donors (Lipinski definition) is 1. The molecule has 0 spiro atoms. The molecule has 2 heterocycles. The first-order valence-electron chi connectivity index (χ1n) is 10.7. The first kappa shape index (κ1) is 21.4. The van der Waals surface area contributed by atoms with E-state index in [0.29, 0.717) is 24.7 Å². The lowest BCUT2D eigenvalue weighted by atomic mass is 10.1. The monoisotopic (exact) mass is 429 g/mol. The summed E-state index contributed by atoms with van der Waals surface area (Å²) in [7, 11) is 1.66. The van der Waals surface area contributed by atoms with E-state index in [9.17, 15) is 4.79 Å². The highest BCUT2D eigenvalue weighted by Gasteiger charge is 2.31. The molecule has 1 aromatic heterocycles. The summed E-state index contributed by atoms with van der Waals surface area (Å²) in [6.45, 7) is 3.14. The van der Waals surface area contributed by atoms with Gasteiger partial charge in [-0.15, -0.1) is 0 Å². The number of benzene rings is 2. The van der Waals surface area contributed by atoms with Crippen LogP contribution in [0.15, 0.2) is 84.1 Å². The maximum atomic E-state index is 12.9. The minimum absolute atomic E-state index is 0.208. The van der Waals surface area contributed by atoms with E-state index in [-0.39, 0.29) is 5.91 Å². The van der Waals surface area contributed by atoms with Gasteiger partial charge in [0.15, 0.2) is 6.10 Å². The highest BCUT2D eigenvalue weighted by molar-refractivity contribution is 6.05. The van der Waals surface area contributed by atoms with Crippen molar-refractivity contribution in [3.63, 3.8) is 0 Å². The Kier molecular flexibility index (Phi) is 6.65. The number of aliphatic imine (C=N–C) groups is 1. The molecule has 1 amide bonds. The van der Waals surface area contributed by atoms with E-state index in [4.69, 9.17) is 4.74 Å². The van der Waals surface area contributed by atoms with Crippen molar-refractivity contribution in [3.8, 4) is 11.4 Å². The molecule has 1 aliphatic heterocycles. The molecule has 2 aromatic carbocycles. The number of hydrogen-bond acceptors (Lipinski definition) is 5. The zero-order valence-electron chi connectivity index (χ0n) is 18.3. The lowest BCUT2D eigenvalue weighted by Crippen LogP contribution is -2.49. The van der Waals surface area contributed by atoms with Gasteiger partial charge < -0.3 is 15.0 Å². The first-order valence-corrected chi connectivity index (χ1v) is 10.7. The molecule has 1 unspecified atom stereocenters. The number of nitrogens with one attached hydrogen (secondary N) is 1. The third-order valence-electron chi connectivity index (χ3n) is 5.24. The molecule has 0 radical (unpaired) electrons. The van der Waals surface area contributed by atoms with Gasteiger partial charge in [0.2, 0.25) is 0 Å². The van der Waals surface area contributed by atoms with E-state index in [0.717, 1.165) is 23.4 Å². The molecular weight excluding hydrogens is 402 g/mol. The van der Waals surface area contributed by atoms with Crippen LogP contribution >= 0.6 is 0 Å². The van der Waals surface area contributed by atoms with E-state index in [2.05, 4.69) is 32.4 Å². The Bertz CT molecular complexity index is 1100. The Morgan fingerprint density at radius 1 is 1.22 bits per heavy atom. The topological polar surface area (TPSA) is 71.8 Å². The van der Waals surface area contributed by atoms with Crippen molar-refractivity contribution < 1.29 is 9.53 Å². The number of para-hydroxylation sites is 2. The molecule has 0 bridgehead atoms. The number of ether oxygens (including phenoxy) is 1. The van der Waals surface area contributed by atoms with Crippen LogP contribution in [0.4, 0.5) is 5.69 Å². The number of rotatable bonds is 6. The summed E-state index contributed by atoms with van der Waals surface area (Å²) in [4.78, 5) is 19.2. The third-order valence-corrected chi connectivity index (χ3v) is 5.24. The number of nitrogens with zero attached hydrogens (tertiary/aromatic N) is 4. The molecule has 0 saturated carbocycles. The lowest BCUT2D eigenvalue weighted by molar-refractivity contribution is -0.126. The van der Waals surface area contributed by atoms with E-state index in [1.807, 2.05) is 72.4 Å². The number of anilines is 1. The summed E-state index contributed by atoms with van der Waals surface area (Å²) in [5.74, 6) is 1.02. The number of amidine groups is 1. The van der Waals surface area contributed by atoms with Gasteiger partial charge in [0.1, 0.15) is 11.6 Å². The van der Waals surface area contributed by atoms with Gasteiger partial charge in [-0.25, -0.2) is 4.68 Å². The molecule has 0 saturated heterocycles. The van der Waals surface area contributed by atoms with Crippen LogP contribution in [-0.4, -0.2) is 41.2 Å². The Morgan fingerprint density at radius 3 is 2.75 bits per heavy atom. The van der Waals surface area contributed by atoms with Crippen LogP contribution in [0.25, 0.3) is 5.69 Å². The summed E-state index contributed by atoms with van der Waals surface area (Å²) in [5, 5.41) is 7.14. The summed E-state index contributed by atoms with van der Waals surface area (Å²) < 4.78 is 7.86. The van der Waals surface area contributed by atoms with Gasteiger partial charge in [0.05, 0.1) is 17.9 Å². The number of aromatic nitrogens is 2. The maximum Gasteiger partial charge on any atom is 0.268 e. The van der Waals surface area contributed by atoms with Crippen molar-refractivity contribution in [1.82, 2.24) is 15.1 Å². The van der Waals surface area contributed by atoms with Crippen LogP contribution in [0.5, 0.6) is 5.75 Å². The smallest absolute Gasteiger partial charge is 0.268 e. The summed E-state index contributed by atoms with van der Waals surface area (Å²) >= 11 is 0. The predicted molar refractivity (Wildman–Crippen MR) is 126 cm³/mol. The Morgan fingerprint density at radius 2 is 2.03 bits per heavy atom. The Hall–Kier alpha value is -3.87. The molecule has 0 fully saturated rings. The normalized spacial score (nSPS) is 16.0. The van der Waals surface area contributed by atoms with Crippen LogP contribution in [0.3, 0.4) is 0 Å². The molecular formula is C25H27N5O2. The van der Waals surface area contributed by atoms with Crippen molar-refractivity contribution >= 4 is 17.4 Å². The second kappa shape index (κ2) is 9.96. The van der Waals surface area contributed by atoms with Gasteiger partial charge in [-0.3, -0.25) is 9.79 Å². The fourth-order valence-electron chi connectivity index (χ4n) is 3.60. The number of carbonyl (C=O) groups is 1. The van der Waals surface area contributed by atoms with Crippen LogP contribution in [-0.2, 0) is 11.3 Å². The minimum Gasteiger partial charge on any atom is -0.477 e.